The molecule has 0 radical (unpaired) electrons. The van der Waals surface area contributed by atoms with Crippen LogP contribution in [0.25, 0.3) is 21.6 Å². The van der Waals surface area contributed by atoms with Crippen LogP contribution >= 0.6 is 11.3 Å². The summed E-state index contributed by atoms with van der Waals surface area (Å²) in [6.45, 7) is 3.63. The van der Waals surface area contributed by atoms with E-state index in [1.54, 1.807) is 41.8 Å². The number of aryl methyl sites for hydroxylation is 2. The maximum atomic E-state index is 13.5. The number of fused-ring (bicyclic) bond motifs is 2. The van der Waals surface area contributed by atoms with Gasteiger partial charge < -0.3 is 5.11 Å². The minimum atomic E-state index is -1.15. The van der Waals surface area contributed by atoms with E-state index in [-0.39, 0.29) is 22.1 Å². The van der Waals surface area contributed by atoms with Crippen LogP contribution in [0.1, 0.15) is 28.6 Å². The van der Waals surface area contributed by atoms with Crippen LogP contribution in [0.3, 0.4) is 0 Å². The zero-order valence-electron chi connectivity index (χ0n) is 20.2. The van der Waals surface area contributed by atoms with E-state index in [2.05, 4.69) is 9.97 Å². The minimum Gasteiger partial charge on any atom is -0.505 e. The number of pyridine rings is 1. The van der Waals surface area contributed by atoms with Crippen molar-refractivity contribution in [2.45, 2.75) is 19.9 Å². The van der Waals surface area contributed by atoms with E-state index >= 15 is 0 Å². The summed E-state index contributed by atoms with van der Waals surface area (Å²) in [7, 11) is 0. The van der Waals surface area contributed by atoms with Gasteiger partial charge in [-0.25, -0.2) is 9.97 Å². The number of anilines is 1. The van der Waals surface area contributed by atoms with Crippen LogP contribution < -0.4 is 4.90 Å². The molecule has 4 heterocycles. The number of Topliss-reactive ketones (excluding diaryl/α,β-unsaturated/α-hetero) is 1. The average molecular weight is 526 g/mol. The number of aliphatic hydroxyl groups is 1. The molecule has 1 aliphatic heterocycles. The number of rotatable bonds is 4. The van der Waals surface area contributed by atoms with Gasteiger partial charge in [0.05, 0.1) is 32.4 Å². The average Bonchev–Trinajstić information content (AvgIpc) is 3.54. The molecule has 188 valence electrons. The van der Waals surface area contributed by atoms with Crippen molar-refractivity contribution < 1.29 is 19.6 Å². The Kier molecular flexibility index (Phi) is 5.31. The van der Waals surface area contributed by atoms with E-state index in [4.69, 9.17) is 0 Å². The summed E-state index contributed by atoms with van der Waals surface area (Å²) >= 11 is 1.23. The van der Waals surface area contributed by atoms with Gasteiger partial charge in [0.2, 0.25) is 0 Å². The molecule has 1 aliphatic rings. The number of nitro groups is 1. The van der Waals surface area contributed by atoms with Crippen molar-refractivity contribution in [2.24, 2.45) is 0 Å². The summed E-state index contributed by atoms with van der Waals surface area (Å²) in [6, 6.07) is 15.5. The summed E-state index contributed by atoms with van der Waals surface area (Å²) in [4.78, 5) is 48.4. The van der Waals surface area contributed by atoms with Gasteiger partial charge in [-0.05, 0) is 49.2 Å². The molecule has 3 aromatic heterocycles. The third kappa shape index (κ3) is 3.55. The Hall–Kier alpha value is -4.90. The normalized spacial score (nSPS) is 17.1. The molecular formula is C27H19N5O5S. The van der Waals surface area contributed by atoms with Gasteiger partial charge in [0.1, 0.15) is 11.3 Å². The summed E-state index contributed by atoms with van der Waals surface area (Å²) in [5.74, 6) is -2.22. The van der Waals surface area contributed by atoms with Crippen molar-refractivity contribution in [1.82, 2.24) is 14.4 Å². The Balaban J connectivity index is 1.63. The smallest absolute Gasteiger partial charge is 0.301 e. The summed E-state index contributed by atoms with van der Waals surface area (Å²) < 4.78 is 2.44. The molecule has 1 amide bonds. The maximum Gasteiger partial charge on any atom is 0.301 e. The molecule has 0 spiro atoms. The zero-order valence-corrected chi connectivity index (χ0v) is 21.0. The van der Waals surface area contributed by atoms with Crippen LogP contribution in [0.15, 0.2) is 72.4 Å². The fourth-order valence-corrected chi connectivity index (χ4v) is 5.89. The molecule has 1 atom stereocenters. The molecule has 1 N–H and O–H groups in total. The van der Waals surface area contributed by atoms with Gasteiger partial charge in [-0.1, -0.05) is 35.6 Å². The molecule has 2 aromatic carbocycles. The quantitative estimate of drug-likeness (QED) is 0.114. The van der Waals surface area contributed by atoms with Gasteiger partial charge in [-0.3, -0.25) is 29.0 Å². The number of carbonyl (C=O) groups is 2. The lowest BCUT2D eigenvalue weighted by Gasteiger charge is -2.22. The summed E-state index contributed by atoms with van der Waals surface area (Å²) in [6.07, 6.45) is 1.69. The van der Waals surface area contributed by atoms with E-state index < -0.39 is 28.4 Å². The monoisotopic (exact) mass is 525 g/mol. The molecule has 1 unspecified atom stereocenters. The van der Waals surface area contributed by atoms with E-state index in [9.17, 15) is 24.8 Å². The predicted octanol–water partition coefficient (Wildman–Crippen LogP) is 5.10. The van der Waals surface area contributed by atoms with E-state index in [1.165, 1.54) is 34.4 Å². The van der Waals surface area contributed by atoms with E-state index in [1.807, 2.05) is 25.1 Å². The highest BCUT2D eigenvalue weighted by Crippen LogP contribution is 2.45. The number of imidazole rings is 1. The number of hydrogen-bond acceptors (Lipinski definition) is 8. The lowest BCUT2D eigenvalue weighted by Crippen LogP contribution is -2.29. The van der Waals surface area contributed by atoms with E-state index in [0.717, 1.165) is 10.3 Å². The maximum absolute atomic E-state index is 13.5. The second-order valence-electron chi connectivity index (χ2n) is 8.96. The van der Waals surface area contributed by atoms with Crippen molar-refractivity contribution in [3.05, 3.63) is 105 Å². The standard InChI is InChI=1S/C27H19N5O5S/c1-14-9-10-18-19(12-14)38-27(29-18)31-23(16-6-5-7-17(13-16)32(36)37)21(25(34)26(31)35)24(33)22-15(2)28-20-8-3-4-11-30(20)22/h3-13,23,33H,1-2H3/b24-21+. The minimum absolute atomic E-state index is 0.195. The second-order valence-corrected chi connectivity index (χ2v) is 9.97. The van der Waals surface area contributed by atoms with Crippen LogP contribution in [0.4, 0.5) is 10.8 Å². The van der Waals surface area contributed by atoms with Crippen molar-refractivity contribution in [2.75, 3.05) is 4.90 Å². The van der Waals surface area contributed by atoms with Crippen LogP contribution in [-0.4, -0.2) is 36.1 Å². The van der Waals surface area contributed by atoms with Gasteiger partial charge in [-0.2, -0.15) is 0 Å². The number of benzene rings is 2. The molecule has 0 saturated carbocycles. The molecule has 11 heteroatoms. The first kappa shape index (κ1) is 23.5. The second kappa shape index (κ2) is 8.60. The van der Waals surface area contributed by atoms with Crippen LogP contribution in [0.2, 0.25) is 0 Å². The number of amides is 1. The number of aliphatic hydroxyl groups excluding tert-OH is 1. The summed E-state index contributed by atoms with van der Waals surface area (Å²) in [5.41, 5.74) is 2.80. The number of nitrogens with zero attached hydrogens (tertiary/aromatic N) is 5. The molecule has 1 fully saturated rings. The fourth-order valence-electron chi connectivity index (χ4n) is 4.80. The van der Waals surface area contributed by atoms with Crippen molar-refractivity contribution in [3.8, 4) is 0 Å². The Labute approximate surface area is 219 Å². The number of nitro benzene ring substituents is 1. The molecule has 0 aliphatic carbocycles. The van der Waals surface area contributed by atoms with Gasteiger partial charge >= 0.3 is 5.91 Å². The molecule has 0 bridgehead atoms. The topological polar surface area (TPSA) is 131 Å². The Morgan fingerprint density at radius 3 is 2.66 bits per heavy atom. The number of carbonyl (C=O) groups excluding carboxylic acids is 2. The highest BCUT2D eigenvalue weighted by Gasteiger charge is 2.49. The Morgan fingerprint density at radius 1 is 1.05 bits per heavy atom. The van der Waals surface area contributed by atoms with Crippen molar-refractivity contribution >= 4 is 55.5 Å². The van der Waals surface area contributed by atoms with Crippen LogP contribution in [0.5, 0.6) is 0 Å². The fraction of sp³-hybridized carbons (Fsp3) is 0.111. The van der Waals surface area contributed by atoms with Crippen molar-refractivity contribution in [3.63, 3.8) is 0 Å². The van der Waals surface area contributed by atoms with Crippen LogP contribution in [0, 0.1) is 24.0 Å². The molecular weight excluding hydrogens is 506 g/mol. The number of non-ortho nitro benzene ring substituents is 1. The number of thiazole rings is 1. The van der Waals surface area contributed by atoms with E-state index in [0.29, 0.717) is 22.4 Å². The first-order valence-electron chi connectivity index (χ1n) is 11.6. The zero-order chi connectivity index (χ0) is 26.7. The largest absolute Gasteiger partial charge is 0.505 e. The van der Waals surface area contributed by atoms with Gasteiger partial charge in [-0.15, -0.1) is 0 Å². The highest BCUT2D eigenvalue weighted by atomic mass is 32.1. The Bertz CT molecular complexity index is 1850. The van der Waals surface area contributed by atoms with Crippen LogP contribution in [-0.2, 0) is 9.59 Å². The number of ketones is 1. The highest BCUT2D eigenvalue weighted by molar-refractivity contribution is 7.22. The lowest BCUT2D eigenvalue weighted by molar-refractivity contribution is -0.384. The Morgan fingerprint density at radius 2 is 1.87 bits per heavy atom. The molecule has 5 aromatic rings. The number of hydrogen-bond donors (Lipinski definition) is 1. The first-order valence-corrected chi connectivity index (χ1v) is 12.4. The third-order valence-corrected chi connectivity index (χ3v) is 7.53. The van der Waals surface area contributed by atoms with Crippen molar-refractivity contribution in [1.29, 1.82) is 0 Å². The SMILES string of the molecule is Cc1ccc2nc(N3C(=O)C(=O)/C(=C(/O)c4c(C)nc5ccccn45)C3c3cccc([N+](=O)[O-])c3)sc2c1. The predicted molar refractivity (Wildman–Crippen MR) is 142 cm³/mol. The lowest BCUT2D eigenvalue weighted by atomic mass is 9.96. The third-order valence-electron chi connectivity index (χ3n) is 6.51. The molecule has 6 rings (SSSR count). The molecule has 10 nitrogen and oxygen atoms in total. The van der Waals surface area contributed by atoms with Gasteiger partial charge in [0, 0.05) is 18.3 Å². The van der Waals surface area contributed by atoms with Gasteiger partial charge in [0.15, 0.2) is 10.9 Å². The van der Waals surface area contributed by atoms with Gasteiger partial charge in [0.25, 0.3) is 11.5 Å². The first-order chi connectivity index (χ1) is 18.2. The molecule has 38 heavy (non-hydrogen) atoms. The number of aromatic nitrogens is 3. The molecule has 1 saturated heterocycles. The summed E-state index contributed by atoms with van der Waals surface area (Å²) in [5, 5.41) is 23.4.